The first-order valence-electron chi connectivity index (χ1n) is 5.55. The van der Waals surface area contributed by atoms with Crippen molar-refractivity contribution in [2.75, 3.05) is 20.3 Å². The predicted molar refractivity (Wildman–Crippen MR) is 65.7 cm³/mol. The third-order valence-electron chi connectivity index (χ3n) is 2.86. The Morgan fingerprint density at radius 2 is 2.24 bits per heavy atom. The zero-order chi connectivity index (χ0) is 12.3. The quantitative estimate of drug-likeness (QED) is 0.793. The van der Waals surface area contributed by atoms with Crippen molar-refractivity contribution in [3.63, 3.8) is 0 Å². The van der Waals surface area contributed by atoms with E-state index in [0.29, 0.717) is 6.61 Å². The molecule has 1 aromatic heterocycles. The van der Waals surface area contributed by atoms with Crippen molar-refractivity contribution in [3.05, 3.63) is 30.5 Å². The molecule has 2 rings (SSSR count). The fourth-order valence-electron chi connectivity index (χ4n) is 1.95. The van der Waals surface area contributed by atoms with Crippen molar-refractivity contribution >= 4 is 10.9 Å². The van der Waals surface area contributed by atoms with Crippen LogP contribution in [0.25, 0.3) is 10.9 Å². The maximum atomic E-state index is 9.46. The topological polar surface area (TPSA) is 73.3 Å². The predicted octanol–water partition coefficient (Wildman–Crippen LogP) is 0.543. The van der Waals surface area contributed by atoms with Crippen LogP contribution in [0.5, 0.6) is 0 Å². The van der Waals surface area contributed by atoms with Crippen molar-refractivity contribution in [2.45, 2.75) is 12.1 Å². The first-order chi connectivity index (χ1) is 8.27. The zero-order valence-corrected chi connectivity index (χ0v) is 9.78. The van der Waals surface area contributed by atoms with Crippen LogP contribution in [-0.2, 0) is 4.74 Å². The molecule has 0 saturated carbocycles. The summed E-state index contributed by atoms with van der Waals surface area (Å²) in [7, 11) is 1.59. The summed E-state index contributed by atoms with van der Waals surface area (Å²) >= 11 is 0. The summed E-state index contributed by atoms with van der Waals surface area (Å²) in [6, 6.07) is 7.29. The fourth-order valence-corrected chi connectivity index (χ4v) is 1.95. The summed E-state index contributed by atoms with van der Waals surface area (Å²) in [5, 5.41) is 14.8. The van der Waals surface area contributed by atoms with Crippen LogP contribution in [0.3, 0.4) is 0 Å². The van der Waals surface area contributed by atoms with E-state index in [1.165, 1.54) is 0 Å². The largest absolute Gasteiger partial charge is 0.394 e. The second-order valence-electron chi connectivity index (χ2n) is 4.02. The van der Waals surface area contributed by atoms with Gasteiger partial charge in [-0.25, -0.2) is 0 Å². The molecule has 17 heavy (non-hydrogen) atoms. The van der Waals surface area contributed by atoms with Crippen LogP contribution in [0, 0.1) is 0 Å². The van der Waals surface area contributed by atoms with E-state index in [0.717, 1.165) is 10.9 Å². The molecule has 3 N–H and O–H groups in total. The van der Waals surface area contributed by atoms with Crippen LogP contribution in [-0.4, -0.2) is 41.3 Å². The number of para-hydroxylation sites is 1. The highest BCUT2D eigenvalue weighted by Gasteiger charge is 2.21. The molecule has 0 aliphatic carbocycles. The molecular formula is C12H17N3O2. The number of benzene rings is 1. The van der Waals surface area contributed by atoms with Gasteiger partial charge in [0.25, 0.3) is 0 Å². The molecule has 0 aliphatic heterocycles. The molecule has 2 unspecified atom stereocenters. The lowest BCUT2D eigenvalue weighted by Gasteiger charge is -2.22. The third kappa shape index (κ3) is 2.31. The molecule has 2 atom stereocenters. The Balaban J connectivity index is 2.36. The molecule has 92 valence electrons. The molecule has 1 heterocycles. The minimum absolute atomic E-state index is 0.0593. The summed E-state index contributed by atoms with van der Waals surface area (Å²) in [6.45, 7) is 0.329. The minimum Gasteiger partial charge on any atom is -0.394 e. The van der Waals surface area contributed by atoms with E-state index in [-0.39, 0.29) is 18.7 Å². The van der Waals surface area contributed by atoms with Gasteiger partial charge in [0.2, 0.25) is 0 Å². The van der Waals surface area contributed by atoms with Gasteiger partial charge < -0.3 is 15.6 Å². The lowest BCUT2D eigenvalue weighted by atomic mass is 10.1. The number of nitrogens with zero attached hydrogens (tertiary/aromatic N) is 2. The van der Waals surface area contributed by atoms with Crippen molar-refractivity contribution in [2.24, 2.45) is 5.73 Å². The average Bonchev–Trinajstić information content (AvgIpc) is 2.75. The number of fused-ring (bicyclic) bond motifs is 1. The maximum absolute atomic E-state index is 9.46. The average molecular weight is 235 g/mol. The highest BCUT2D eigenvalue weighted by atomic mass is 16.5. The van der Waals surface area contributed by atoms with Gasteiger partial charge in [-0.1, -0.05) is 18.2 Å². The maximum Gasteiger partial charge on any atom is 0.0929 e. The minimum atomic E-state index is -0.284. The van der Waals surface area contributed by atoms with Crippen LogP contribution in [0.4, 0.5) is 0 Å². The molecule has 0 saturated heterocycles. The van der Waals surface area contributed by atoms with Crippen molar-refractivity contribution in [1.82, 2.24) is 9.78 Å². The highest BCUT2D eigenvalue weighted by molar-refractivity contribution is 5.78. The van der Waals surface area contributed by atoms with Gasteiger partial charge in [0, 0.05) is 12.5 Å². The van der Waals surface area contributed by atoms with Crippen molar-refractivity contribution < 1.29 is 9.84 Å². The van der Waals surface area contributed by atoms with E-state index >= 15 is 0 Å². The van der Waals surface area contributed by atoms with Crippen LogP contribution in [0.1, 0.15) is 6.04 Å². The summed E-state index contributed by atoms with van der Waals surface area (Å²) in [5.74, 6) is 0. The zero-order valence-electron chi connectivity index (χ0n) is 9.78. The van der Waals surface area contributed by atoms with Crippen molar-refractivity contribution in [3.8, 4) is 0 Å². The number of methoxy groups -OCH3 is 1. The van der Waals surface area contributed by atoms with Gasteiger partial charge in [-0.05, 0) is 6.07 Å². The molecular weight excluding hydrogens is 218 g/mol. The van der Waals surface area contributed by atoms with Gasteiger partial charge in [-0.3, -0.25) is 4.68 Å². The monoisotopic (exact) mass is 235 g/mol. The molecule has 5 nitrogen and oxygen atoms in total. The first-order valence-corrected chi connectivity index (χ1v) is 5.55. The Morgan fingerprint density at radius 3 is 2.94 bits per heavy atom. The van der Waals surface area contributed by atoms with Crippen molar-refractivity contribution in [1.29, 1.82) is 0 Å². The van der Waals surface area contributed by atoms with E-state index in [2.05, 4.69) is 5.10 Å². The standard InChI is InChI=1S/C12H17N3O2/c1-17-8-10(13)12(7-16)15-11-5-3-2-4-9(11)6-14-15/h2-6,10,12,16H,7-8,13H2,1H3. The Labute approximate surface area is 99.8 Å². The molecule has 0 aliphatic rings. The van der Waals surface area contributed by atoms with E-state index < -0.39 is 0 Å². The number of hydrogen-bond donors (Lipinski definition) is 2. The lowest BCUT2D eigenvalue weighted by Crippen LogP contribution is -2.38. The van der Waals surface area contributed by atoms with Gasteiger partial charge in [-0.2, -0.15) is 5.10 Å². The molecule has 0 spiro atoms. The molecule has 0 bridgehead atoms. The van der Waals surface area contributed by atoms with E-state index in [9.17, 15) is 5.11 Å². The number of rotatable bonds is 5. The summed E-state index contributed by atoms with van der Waals surface area (Å²) in [4.78, 5) is 0. The van der Waals surface area contributed by atoms with Gasteiger partial charge in [0.1, 0.15) is 0 Å². The summed E-state index contributed by atoms with van der Waals surface area (Å²) in [5.41, 5.74) is 6.95. The Morgan fingerprint density at radius 1 is 1.47 bits per heavy atom. The third-order valence-corrected chi connectivity index (χ3v) is 2.86. The molecule has 0 fully saturated rings. The Bertz CT molecular complexity index is 483. The normalized spacial score (nSPS) is 15.0. The Hall–Kier alpha value is -1.43. The first kappa shape index (κ1) is 12.0. The van der Waals surface area contributed by atoms with E-state index in [1.807, 2.05) is 24.3 Å². The molecule has 0 amide bonds. The summed E-state index contributed by atoms with van der Waals surface area (Å²) < 4.78 is 6.78. The number of hydrogen-bond acceptors (Lipinski definition) is 4. The molecule has 2 aromatic rings. The van der Waals surface area contributed by atoms with E-state index in [4.69, 9.17) is 10.5 Å². The number of aliphatic hydroxyl groups is 1. The second kappa shape index (κ2) is 5.27. The number of aliphatic hydroxyl groups excluding tert-OH is 1. The molecule has 5 heteroatoms. The van der Waals surface area contributed by atoms with Crippen LogP contribution >= 0.6 is 0 Å². The number of nitrogens with two attached hydrogens (primary N) is 1. The van der Waals surface area contributed by atoms with E-state index in [1.54, 1.807) is 18.0 Å². The molecule has 0 radical (unpaired) electrons. The Kier molecular flexibility index (Phi) is 3.73. The van der Waals surface area contributed by atoms with Gasteiger partial charge in [0.05, 0.1) is 37.0 Å². The lowest BCUT2D eigenvalue weighted by molar-refractivity contribution is 0.126. The second-order valence-corrected chi connectivity index (χ2v) is 4.02. The number of aromatic nitrogens is 2. The van der Waals surface area contributed by atoms with Gasteiger partial charge in [-0.15, -0.1) is 0 Å². The SMILES string of the molecule is COCC(N)C(CO)n1ncc2ccccc21. The van der Waals surface area contributed by atoms with Crippen LogP contribution in [0.15, 0.2) is 30.5 Å². The summed E-state index contributed by atoms with van der Waals surface area (Å²) in [6.07, 6.45) is 1.78. The molecule has 1 aromatic carbocycles. The van der Waals surface area contributed by atoms with Crippen LogP contribution < -0.4 is 5.73 Å². The highest BCUT2D eigenvalue weighted by Crippen LogP contribution is 2.19. The van der Waals surface area contributed by atoms with Gasteiger partial charge in [0.15, 0.2) is 0 Å². The number of ether oxygens (including phenoxy) is 1. The van der Waals surface area contributed by atoms with Crippen LogP contribution in [0.2, 0.25) is 0 Å². The fraction of sp³-hybridized carbons (Fsp3) is 0.417. The van der Waals surface area contributed by atoms with Gasteiger partial charge >= 0.3 is 0 Å². The smallest absolute Gasteiger partial charge is 0.0929 e.